The number of piperidine rings is 1. The molecule has 0 radical (unpaired) electrons. The van der Waals surface area contributed by atoms with Gasteiger partial charge in [0.05, 0.1) is 34.6 Å². The molecule has 1 aliphatic heterocycles. The fourth-order valence-corrected chi connectivity index (χ4v) is 5.73. The SMILES string of the molecule is C=CCOC1(C)CCN(c2c(C(OC(C)(C)C)C(=O)O)c(C)nc3cc(-c4cccc(-c5c(O)cc(F)cc5F)c4)nn23)CC1. The molecule has 4 aromatic rings. The minimum atomic E-state index is -1.32. The number of aromatic nitrogens is 3. The largest absolute Gasteiger partial charge is 0.507 e. The van der Waals surface area contributed by atoms with Gasteiger partial charge < -0.3 is 24.6 Å². The molecular formula is C34H38F2N4O5. The maximum Gasteiger partial charge on any atom is 0.337 e. The van der Waals surface area contributed by atoms with Gasteiger partial charge in [0.25, 0.3) is 0 Å². The van der Waals surface area contributed by atoms with Gasteiger partial charge in [0.1, 0.15) is 23.2 Å². The third-order valence-electron chi connectivity index (χ3n) is 7.91. The summed E-state index contributed by atoms with van der Waals surface area (Å²) in [7, 11) is 0. The molecule has 1 fully saturated rings. The molecule has 0 spiro atoms. The van der Waals surface area contributed by atoms with Crippen molar-refractivity contribution in [3.05, 3.63) is 78.0 Å². The molecule has 0 amide bonds. The standard InChI is InChI=1S/C34H38F2N4O5/c1-7-15-44-34(6)11-13-39(14-12-34)31-28(30(32(42)43)45-33(3,4)5)20(2)37-27-19-25(38-40(27)31)21-9-8-10-22(16-21)29-24(36)17-23(35)18-26(29)41/h7-10,16-19,30,41H,1,11-15H2,2-6H3,(H,42,43). The van der Waals surface area contributed by atoms with Crippen LogP contribution in [0.25, 0.3) is 28.0 Å². The van der Waals surface area contributed by atoms with E-state index in [-0.39, 0.29) is 11.2 Å². The van der Waals surface area contributed by atoms with Crippen LogP contribution in [0.2, 0.25) is 0 Å². The van der Waals surface area contributed by atoms with Gasteiger partial charge in [0.15, 0.2) is 11.8 Å². The number of phenols is 1. The van der Waals surface area contributed by atoms with Crippen molar-refractivity contribution in [2.75, 3.05) is 24.6 Å². The molecule has 3 heterocycles. The van der Waals surface area contributed by atoms with E-state index in [4.69, 9.17) is 19.6 Å². The number of aliphatic carboxylic acids is 1. The lowest BCUT2D eigenvalue weighted by atomic mass is 9.92. The Morgan fingerprint density at radius 3 is 2.47 bits per heavy atom. The monoisotopic (exact) mass is 620 g/mol. The van der Waals surface area contributed by atoms with E-state index in [1.54, 1.807) is 68.6 Å². The van der Waals surface area contributed by atoms with Crippen molar-refractivity contribution >= 4 is 17.4 Å². The van der Waals surface area contributed by atoms with Crippen LogP contribution >= 0.6 is 0 Å². The topological polar surface area (TPSA) is 109 Å². The number of nitrogens with zero attached hydrogens (tertiary/aromatic N) is 4. The number of hydrogen-bond acceptors (Lipinski definition) is 7. The van der Waals surface area contributed by atoms with E-state index in [9.17, 15) is 23.8 Å². The van der Waals surface area contributed by atoms with Crippen molar-refractivity contribution in [3.63, 3.8) is 0 Å². The Hall–Kier alpha value is -4.35. The molecule has 2 N–H and O–H groups in total. The van der Waals surface area contributed by atoms with Gasteiger partial charge in [-0.3, -0.25) is 0 Å². The number of aryl methyl sites for hydroxylation is 1. The van der Waals surface area contributed by atoms with Crippen LogP contribution in [0.5, 0.6) is 5.75 Å². The van der Waals surface area contributed by atoms with Crippen LogP contribution in [-0.2, 0) is 14.3 Å². The third kappa shape index (κ3) is 6.69. The lowest BCUT2D eigenvalue weighted by Crippen LogP contribution is -2.45. The predicted octanol–water partition coefficient (Wildman–Crippen LogP) is 6.86. The maximum absolute atomic E-state index is 14.7. The first-order valence-electron chi connectivity index (χ1n) is 14.8. The van der Waals surface area contributed by atoms with Gasteiger partial charge in [-0.2, -0.15) is 9.61 Å². The number of ether oxygens (including phenoxy) is 2. The number of carbonyl (C=O) groups is 1. The fraction of sp³-hybridized carbons (Fsp3) is 0.382. The molecular weight excluding hydrogens is 582 g/mol. The summed E-state index contributed by atoms with van der Waals surface area (Å²) in [6.45, 7) is 14.5. The average Bonchev–Trinajstić information content (AvgIpc) is 3.38. The second-order valence-corrected chi connectivity index (χ2v) is 12.6. The number of halogens is 2. The first-order chi connectivity index (χ1) is 21.2. The summed E-state index contributed by atoms with van der Waals surface area (Å²) >= 11 is 0. The van der Waals surface area contributed by atoms with E-state index in [1.807, 2.05) is 0 Å². The Labute approximate surface area is 260 Å². The number of phenolic OH excluding ortho intramolecular Hbond substituents is 1. The van der Waals surface area contributed by atoms with Crippen LogP contribution in [-0.4, -0.2) is 61.7 Å². The molecule has 11 heteroatoms. The number of carboxylic acids is 1. The molecule has 5 rings (SSSR count). The molecule has 1 aliphatic rings. The van der Waals surface area contributed by atoms with E-state index >= 15 is 0 Å². The predicted molar refractivity (Wildman–Crippen MR) is 167 cm³/mol. The maximum atomic E-state index is 14.7. The zero-order chi connectivity index (χ0) is 32.7. The van der Waals surface area contributed by atoms with Gasteiger partial charge in [0.2, 0.25) is 0 Å². The van der Waals surface area contributed by atoms with E-state index in [0.717, 1.165) is 12.1 Å². The van der Waals surface area contributed by atoms with Crippen LogP contribution in [0.4, 0.5) is 14.6 Å². The summed E-state index contributed by atoms with van der Waals surface area (Å²) in [5.74, 6) is -2.87. The Bertz CT molecular complexity index is 1730. The summed E-state index contributed by atoms with van der Waals surface area (Å²) < 4.78 is 42.2. The molecule has 1 saturated heterocycles. The third-order valence-corrected chi connectivity index (χ3v) is 7.91. The van der Waals surface area contributed by atoms with Crippen molar-refractivity contribution in [2.24, 2.45) is 0 Å². The molecule has 2 aromatic heterocycles. The average molecular weight is 621 g/mol. The highest BCUT2D eigenvalue weighted by atomic mass is 19.1. The van der Waals surface area contributed by atoms with Crippen LogP contribution < -0.4 is 4.90 Å². The summed E-state index contributed by atoms with van der Waals surface area (Å²) in [4.78, 5) is 19.5. The van der Waals surface area contributed by atoms with Gasteiger partial charge in [-0.1, -0.05) is 24.3 Å². The highest BCUT2D eigenvalue weighted by Crippen LogP contribution is 2.39. The van der Waals surface area contributed by atoms with Crippen LogP contribution in [0.1, 0.15) is 57.9 Å². The van der Waals surface area contributed by atoms with Crippen molar-refractivity contribution in [3.8, 4) is 28.1 Å². The number of anilines is 1. The van der Waals surface area contributed by atoms with E-state index in [1.165, 1.54) is 0 Å². The van der Waals surface area contributed by atoms with Gasteiger partial charge >= 0.3 is 5.97 Å². The van der Waals surface area contributed by atoms with Crippen molar-refractivity contribution < 1.29 is 33.3 Å². The van der Waals surface area contributed by atoms with E-state index in [0.29, 0.717) is 72.1 Å². The molecule has 0 bridgehead atoms. The van der Waals surface area contributed by atoms with Crippen LogP contribution in [0.15, 0.2) is 55.1 Å². The highest BCUT2D eigenvalue weighted by molar-refractivity contribution is 5.80. The Balaban J connectivity index is 1.66. The van der Waals surface area contributed by atoms with E-state index in [2.05, 4.69) is 18.4 Å². The zero-order valence-corrected chi connectivity index (χ0v) is 26.1. The van der Waals surface area contributed by atoms with Gasteiger partial charge in [-0.05, 0) is 59.1 Å². The molecule has 238 valence electrons. The minimum absolute atomic E-state index is 0.127. The Kier molecular flexibility index (Phi) is 8.70. The smallest absolute Gasteiger partial charge is 0.337 e. The van der Waals surface area contributed by atoms with Crippen molar-refractivity contribution in [1.82, 2.24) is 14.6 Å². The van der Waals surface area contributed by atoms with Gasteiger partial charge in [0, 0.05) is 42.5 Å². The summed E-state index contributed by atoms with van der Waals surface area (Å²) in [6.07, 6.45) is 1.77. The Morgan fingerprint density at radius 2 is 1.84 bits per heavy atom. The number of aromatic hydroxyl groups is 1. The van der Waals surface area contributed by atoms with Gasteiger partial charge in [-0.25, -0.2) is 18.6 Å². The first-order valence-corrected chi connectivity index (χ1v) is 14.8. The molecule has 0 saturated carbocycles. The zero-order valence-electron chi connectivity index (χ0n) is 26.1. The van der Waals surface area contributed by atoms with Crippen molar-refractivity contribution in [2.45, 2.75) is 64.8 Å². The molecule has 1 atom stereocenters. The molecule has 0 aliphatic carbocycles. The minimum Gasteiger partial charge on any atom is -0.507 e. The lowest BCUT2D eigenvalue weighted by molar-refractivity contribution is -0.160. The Morgan fingerprint density at radius 1 is 1.16 bits per heavy atom. The second kappa shape index (κ2) is 12.2. The number of fused-ring (bicyclic) bond motifs is 1. The van der Waals surface area contributed by atoms with E-state index < -0.39 is 35.1 Å². The number of rotatable bonds is 9. The van der Waals surface area contributed by atoms with Crippen LogP contribution in [0.3, 0.4) is 0 Å². The van der Waals surface area contributed by atoms with Crippen molar-refractivity contribution in [1.29, 1.82) is 0 Å². The number of hydrogen-bond donors (Lipinski definition) is 2. The highest BCUT2D eigenvalue weighted by Gasteiger charge is 2.37. The quantitative estimate of drug-likeness (QED) is 0.196. The normalized spacial score (nSPS) is 15.8. The molecule has 1 unspecified atom stereocenters. The molecule has 45 heavy (non-hydrogen) atoms. The fourth-order valence-electron chi connectivity index (χ4n) is 5.73. The lowest BCUT2D eigenvalue weighted by Gasteiger charge is -2.41. The summed E-state index contributed by atoms with van der Waals surface area (Å²) in [6, 6.07) is 10.1. The number of carboxylic acid groups (broad SMARTS) is 1. The van der Waals surface area contributed by atoms with Gasteiger partial charge in [-0.15, -0.1) is 6.58 Å². The molecule has 2 aromatic carbocycles. The summed E-state index contributed by atoms with van der Waals surface area (Å²) in [5.41, 5.74) is 1.54. The number of benzene rings is 2. The van der Waals surface area contributed by atoms with Crippen LogP contribution in [0, 0.1) is 18.6 Å². The summed E-state index contributed by atoms with van der Waals surface area (Å²) in [5, 5.41) is 25.6. The first kappa shape index (κ1) is 32.1. The second-order valence-electron chi connectivity index (χ2n) is 12.6. The molecule has 9 nitrogen and oxygen atoms in total.